The van der Waals surface area contributed by atoms with E-state index in [4.69, 9.17) is 15.0 Å². The second-order valence-corrected chi connectivity index (χ2v) is 9.05. The van der Waals surface area contributed by atoms with Crippen molar-refractivity contribution in [1.82, 2.24) is 9.97 Å². The Labute approximate surface area is 155 Å². The minimum absolute atomic E-state index is 0.123. The largest absolute Gasteiger partial charge is 0.494 e. The number of nitrogens with zero attached hydrogens (tertiary/aromatic N) is 2. The molecule has 4 rings (SSSR count). The molecule has 1 aromatic heterocycles. The lowest BCUT2D eigenvalue weighted by molar-refractivity contribution is 0.00578. The first kappa shape index (κ1) is 17.5. The SMILES string of the molecule is CC1(C)Cc2cc(B3OC(C)(C)C(C)(C)O3)ccc2-c2ncnc(N)c21. The lowest BCUT2D eigenvalue weighted by atomic mass is 9.69. The summed E-state index contributed by atoms with van der Waals surface area (Å²) in [6.45, 7) is 12.7. The number of rotatable bonds is 1. The molecule has 0 atom stereocenters. The van der Waals surface area contributed by atoms with Crippen LogP contribution in [0.3, 0.4) is 0 Å². The Balaban J connectivity index is 1.78. The second-order valence-electron chi connectivity index (χ2n) is 9.05. The van der Waals surface area contributed by atoms with E-state index < -0.39 is 0 Å². The van der Waals surface area contributed by atoms with E-state index in [1.807, 2.05) is 0 Å². The summed E-state index contributed by atoms with van der Waals surface area (Å²) >= 11 is 0. The van der Waals surface area contributed by atoms with E-state index >= 15 is 0 Å². The fourth-order valence-electron chi connectivity index (χ4n) is 3.95. The molecule has 26 heavy (non-hydrogen) atoms. The zero-order valence-corrected chi connectivity index (χ0v) is 16.4. The highest BCUT2D eigenvalue weighted by atomic mass is 16.7. The number of fused-ring (bicyclic) bond motifs is 3. The van der Waals surface area contributed by atoms with Gasteiger partial charge in [0.05, 0.1) is 16.9 Å². The zero-order valence-electron chi connectivity index (χ0n) is 16.4. The average Bonchev–Trinajstić information content (AvgIpc) is 2.74. The molecule has 2 aromatic rings. The van der Waals surface area contributed by atoms with Crippen molar-refractivity contribution in [1.29, 1.82) is 0 Å². The fourth-order valence-corrected chi connectivity index (χ4v) is 3.95. The monoisotopic (exact) mass is 351 g/mol. The summed E-state index contributed by atoms with van der Waals surface area (Å²) in [5, 5.41) is 0. The van der Waals surface area contributed by atoms with Crippen LogP contribution in [0.5, 0.6) is 0 Å². The first-order valence-corrected chi connectivity index (χ1v) is 9.12. The third-order valence-corrected chi connectivity index (χ3v) is 6.10. The molecule has 1 aliphatic heterocycles. The van der Waals surface area contributed by atoms with Crippen LogP contribution in [0.15, 0.2) is 24.5 Å². The van der Waals surface area contributed by atoms with Crippen LogP contribution in [-0.4, -0.2) is 28.3 Å². The van der Waals surface area contributed by atoms with Crippen molar-refractivity contribution < 1.29 is 9.31 Å². The third kappa shape index (κ3) is 2.47. The van der Waals surface area contributed by atoms with Crippen molar-refractivity contribution in [2.75, 3.05) is 5.73 Å². The topological polar surface area (TPSA) is 70.3 Å². The van der Waals surface area contributed by atoms with E-state index in [0.29, 0.717) is 5.82 Å². The highest BCUT2D eigenvalue weighted by Gasteiger charge is 2.52. The molecule has 0 saturated carbocycles. The van der Waals surface area contributed by atoms with E-state index in [9.17, 15) is 0 Å². The number of benzene rings is 1. The first-order valence-electron chi connectivity index (χ1n) is 9.12. The summed E-state index contributed by atoms with van der Waals surface area (Å²) in [6, 6.07) is 6.37. The number of nitrogen functional groups attached to an aromatic ring is 1. The van der Waals surface area contributed by atoms with Gasteiger partial charge in [0.1, 0.15) is 12.1 Å². The van der Waals surface area contributed by atoms with Crippen molar-refractivity contribution >= 4 is 18.4 Å². The Kier molecular flexibility index (Phi) is 3.57. The van der Waals surface area contributed by atoms with Gasteiger partial charge in [0, 0.05) is 11.1 Å². The van der Waals surface area contributed by atoms with Crippen LogP contribution >= 0.6 is 0 Å². The van der Waals surface area contributed by atoms with Gasteiger partial charge in [-0.05, 0) is 50.6 Å². The van der Waals surface area contributed by atoms with E-state index in [-0.39, 0.29) is 23.7 Å². The van der Waals surface area contributed by atoms with Gasteiger partial charge in [-0.3, -0.25) is 0 Å². The minimum Gasteiger partial charge on any atom is -0.399 e. The van der Waals surface area contributed by atoms with Crippen LogP contribution in [0.4, 0.5) is 5.82 Å². The Hall–Kier alpha value is -1.92. The molecular formula is C20H26BN3O2. The molecule has 0 spiro atoms. The van der Waals surface area contributed by atoms with E-state index in [1.165, 1.54) is 5.56 Å². The molecule has 1 aromatic carbocycles. The maximum Gasteiger partial charge on any atom is 0.494 e. The van der Waals surface area contributed by atoms with E-state index in [1.54, 1.807) is 6.33 Å². The molecule has 1 saturated heterocycles. The quantitative estimate of drug-likeness (QED) is 0.800. The van der Waals surface area contributed by atoms with Crippen LogP contribution in [0.1, 0.15) is 52.7 Å². The van der Waals surface area contributed by atoms with Gasteiger partial charge in [-0.1, -0.05) is 32.0 Å². The summed E-state index contributed by atoms with van der Waals surface area (Å²) in [6.07, 6.45) is 2.42. The number of nitrogens with two attached hydrogens (primary N) is 1. The van der Waals surface area contributed by atoms with Gasteiger partial charge in [-0.2, -0.15) is 0 Å². The maximum absolute atomic E-state index is 6.21. The molecule has 0 amide bonds. The summed E-state index contributed by atoms with van der Waals surface area (Å²) < 4.78 is 12.4. The van der Waals surface area contributed by atoms with Crippen molar-refractivity contribution in [3.8, 4) is 11.3 Å². The molecular weight excluding hydrogens is 325 g/mol. The molecule has 0 bridgehead atoms. The van der Waals surface area contributed by atoms with Gasteiger partial charge >= 0.3 is 7.12 Å². The lowest BCUT2D eigenvalue weighted by Crippen LogP contribution is -2.41. The van der Waals surface area contributed by atoms with E-state index in [2.05, 4.69) is 69.7 Å². The molecule has 2 heterocycles. The van der Waals surface area contributed by atoms with Crippen molar-refractivity contribution in [3.05, 3.63) is 35.7 Å². The van der Waals surface area contributed by atoms with Gasteiger partial charge < -0.3 is 15.0 Å². The summed E-state index contributed by atoms with van der Waals surface area (Å²) in [5.74, 6) is 0.570. The first-order chi connectivity index (χ1) is 12.0. The summed E-state index contributed by atoms with van der Waals surface area (Å²) in [7, 11) is -0.356. The van der Waals surface area contributed by atoms with Gasteiger partial charge in [0.15, 0.2) is 0 Å². The molecule has 0 unspecified atom stereocenters. The zero-order chi connectivity index (χ0) is 18.9. The molecule has 1 aliphatic carbocycles. The third-order valence-electron chi connectivity index (χ3n) is 6.10. The number of aromatic nitrogens is 2. The van der Waals surface area contributed by atoms with Crippen LogP contribution in [0, 0.1) is 0 Å². The number of anilines is 1. The summed E-state index contributed by atoms with van der Waals surface area (Å²) in [4.78, 5) is 8.74. The van der Waals surface area contributed by atoms with Crippen molar-refractivity contribution in [2.45, 2.75) is 64.6 Å². The Morgan fingerprint density at radius 3 is 2.31 bits per heavy atom. The molecule has 5 nitrogen and oxygen atoms in total. The molecule has 6 heteroatoms. The van der Waals surface area contributed by atoms with Crippen LogP contribution in [0.25, 0.3) is 11.3 Å². The molecule has 2 N–H and O–H groups in total. The van der Waals surface area contributed by atoms with Gasteiger partial charge in [-0.15, -0.1) is 0 Å². The smallest absolute Gasteiger partial charge is 0.399 e. The standard InChI is InChI=1S/C20H26BN3O2/c1-18(2)10-12-9-13(21-25-19(3,4)20(5,6)26-21)7-8-14(12)16-15(18)17(22)24-11-23-16/h7-9,11H,10H2,1-6H3,(H2,22,23,24). The lowest BCUT2D eigenvalue weighted by Gasteiger charge is -2.34. The normalized spacial score (nSPS) is 22.0. The highest BCUT2D eigenvalue weighted by Crippen LogP contribution is 2.44. The van der Waals surface area contributed by atoms with Crippen LogP contribution in [0.2, 0.25) is 0 Å². The molecule has 136 valence electrons. The van der Waals surface area contributed by atoms with Gasteiger partial charge in [0.2, 0.25) is 0 Å². The minimum atomic E-state index is -0.356. The molecule has 0 radical (unpaired) electrons. The maximum atomic E-state index is 6.21. The summed E-state index contributed by atoms with van der Waals surface area (Å²) in [5.41, 5.74) is 10.7. The van der Waals surface area contributed by atoms with Gasteiger partial charge in [0.25, 0.3) is 0 Å². The Morgan fingerprint density at radius 1 is 1.00 bits per heavy atom. The van der Waals surface area contributed by atoms with Crippen molar-refractivity contribution in [3.63, 3.8) is 0 Å². The number of hydrogen-bond donors (Lipinski definition) is 1. The highest BCUT2D eigenvalue weighted by molar-refractivity contribution is 6.62. The number of hydrogen-bond acceptors (Lipinski definition) is 5. The molecule has 1 fully saturated rings. The van der Waals surface area contributed by atoms with Crippen LogP contribution < -0.4 is 11.2 Å². The predicted octanol–water partition coefficient (Wildman–Crippen LogP) is 2.86. The average molecular weight is 351 g/mol. The van der Waals surface area contributed by atoms with Crippen molar-refractivity contribution in [2.24, 2.45) is 0 Å². The fraction of sp³-hybridized carbons (Fsp3) is 0.500. The van der Waals surface area contributed by atoms with Gasteiger partial charge in [-0.25, -0.2) is 9.97 Å². The van der Waals surface area contributed by atoms with Crippen LogP contribution in [-0.2, 0) is 21.1 Å². The Bertz CT molecular complexity index is 877. The van der Waals surface area contributed by atoms with E-state index in [0.717, 1.165) is 28.7 Å². The Morgan fingerprint density at radius 2 is 1.65 bits per heavy atom. The second kappa shape index (κ2) is 5.30. The predicted molar refractivity (Wildman–Crippen MR) is 104 cm³/mol. The molecule has 2 aliphatic rings.